The molecule has 2 N–H and O–H groups in total. The first-order valence-corrected chi connectivity index (χ1v) is 10.3. The molecule has 31 heavy (non-hydrogen) atoms. The van der Waals surface area contributed by atoms with E-state index in [0.29, 0.717) is 12.6 Å². The first-order valence-electron chi connectivity index (χ1n) is 10.3. The minimum absolute atomic E-state index is 0.270. The van der Waals surface area contributed by atoms with Crippen molar-refractivity contribution in [2.45, 2.75) is 24.4 Å². The zero-order chi connectivity index (χ0) is 20.8. The first kappa shape index (κ1) is 18.5. The SMILES string of the molecule is O[C@@H]1CO[C@H]2[C@@H]1OC[C@H]2Oc1nc2cc(-c3ccc(-c4ccccc4)cc3)ncc2[nH]1. The summed E-state index contributed by atoms with van der Waals surface area (Å²) < 4.78 is 17.2. The van der Waals surface area contributed by atoms with Gasteiger partial charge in [0.1, 0.15) is 18.3 Å². The van der Waals surface area contributed by atoms with Crippen LogP contribution in [-0.2, 0) is 9.47 Å². The molecule has 2 aromatic heterocycles. The molecule has 0 unspecified atom stereocenters. The van der Waals surface area contributed by atoms with Crippen LogP contribution in [0.5, 0.6) is 6.01 Å². The molecule has 7 heteroatoms. The van der Waals surface area contributed by atoms with Gasteiger partial charge in [0, 0.05) is 5.56 Å². The summed E-state index contributed by atoms with van der Waals surface area (Å²) in [4.78, 5) is 12.3. The van der Waals surface area contributed by atoms with Gasteiger partial charge in [-0.15, -0.1) is 0 Å². The average molecular weight is 415 g/mol. The van der Waals surface area contributed by atoms with Crippen LogP contribution < -0.4 is 4.74 Å². The predicted molar refractivity (Wildman–Crippen MR) is 115 cm³/mol. The topological polar surface area (TPSA) is 89.5 Å². The normalized spacial score (nSPS) is 25.1. The van der Waals surface area contributed by atoms with Gasteiger partial charge in [-0.1, -0.05) is 54.6 Å². The summed E-state index contributed by atoms with van der Waals surface area (Å²) >= 11 is 0. The number of aliphatic hydroxyl groups is 1. The summed E-state index contributed by atoms with van der Waals surface area (Å²) in [5.74, 6) is 0. The monoisotopic (exact) mass is 415 g/mol. The van der Waals surface area contributed by atoms with Crippen LogP contribution in [0.2, 0.25) is 0 Å². The number of benzene rings is 2. The Hall–Kier alpha value is -3.26. The number of H-pyrrole nitrogens is 1. The van der Waals surface area contributed by atoms with E-state index < -0.39 is 6.10 Å². The fourth-order valence-corrected chi connectivity index (χ4v) is 4.25. The molecule has 2 aliphatic heterocycles. The molecule has 0 radical (unpaired) electrons. The fourth-order valence-electron chi connectivity index (χ4n) is 4.25. The number of hydrogen-bond donors (Lipinski definition) is 2. The molecular weight excluding hydrogens is 394 g/mol. The van der Waals surface area contributed by atoms with E-state index in [1.165, 1.54) is 5.56 Å². The third kappa shape index (κ3) is 3.37. The minimum Gasteiger partial charge on any atom is -0.456 e. The van der Waals surface area contributed by atoms with Crippen LogP contribution >= 0.6 is 0 Å². The van der Waals surface area contributed by atoms with Crippen molar-refractivity contribution in [2.24, 2.45) is 0 Å². The molecule has 0 aliphatic carbocycles. The lowest BCUT2D eigenvalue weighted by atomic mass is 10.0. The maximum atomic E-state index is 9.88. The molecule has 2 aromatic carbocycles. The van der Waals surface area contributed by atoms with E-state index in [1.54, 1.807) is 6.20 Å². The molecule has 2 aliphatic rings. The Morgan fingerprint density at radius 1 is 0.903 bits per heavy atom. The standard InChI is InChI=1S/C24H21N3O4/c28-20-12-29-23-21(13-30-22(20)23)31-24-26-18-10-17(25-11-19(18)27-24)16-8-6-15(7-9-16)14-4-2-1-3-5-14/h1-11,20-23,28H,12-13H2,(H,26,27)/t20-,21-,22-,23-/m1/s1. The number of pyridine rings is 1. The van der Waals surface area contributed by atoms with Gasteiger partial charge in [-0.3, -0.25) is 4.98 Å². The van der Waals surface area contributed by atoms with E-state index in [9.17, 15) is 5.11 Å². The molecule has 4 atom stereocenters. The second kappa shape index (κ2) is 7.46. The molecule has 0 saturated carbocycles. The van der Waals surface area contributed by atoms with Gasteiger partial charge in [-0.05, 0) is 17.2 Å². The van der Waals surface area contributed by atoms with Gasteiger partial charge in [-0.2, -0.15) is 4.98 Å². The smallest absolute Gasteiger partial charge is 0.295 e. The maximum Gasteiger partial charge on any atom is 0.295 e. The molecule has 0 amide bonds. The van der Waals surface area contributed by atoms with Crippen LogP contribution in [0, 0.1) is 0 Å². The summed E-state index contributed by atoms with van der Waals surface area (Å²) in [6.45, 7) is 0.631. The third-order valence-corrected chi connectivity index (χ3v) is 5.88. The molecule has 4 aromatic rings. The van der Waals surface area contributed by atoms with Gasteiger partial charge in [0.2, 0.25) is 0 Å². The van der Waals surface area contributed by atoms with Gasteiger partial charge in [0.25, 0.3) is 6.01 Å². The summed E-state index contributed by atoms with van der Waals surface area (Å²) in [5, 5.41) is 9.88. The molecular formula is C24H21N3O4. The van der Waals surface area contributed by atoms with Crippen LogP contribution in [0.4, 0.5) is 0 Å². The van der Waals surface area contributed by atoms with E-state index in [2.05, 4.69) is 51.4 Å². The first-order chi connectivity index (χ1) is 15.2. The van der Waals surface area contributed by atoms with Crippen LogP contribution in [0.1, 0.15) is 0 Å². The molecule has 6 rings (SSSR count). The largest absolute Gasteiger partial charge is 0.456 e. The maximum absolute atomic E-state index is 9.88. The van der Waals surface area contributed by atoms with Crippen molar-refractivity contribution >= 4 is 11.0 Å². The highest BCUT2D eigenvalue weighted by atomic mass is 16.6. The molecule has 0 bridgehead atoms. The van der Waals surface area contributed by atoms with Gasteiger partial charge >= 0.3 is 0 Å². The van der Waals surface area contributed by atoms with Gasteiger partial charge in [0.15, 0.2) is 6.10 Å². The van der Waals surface area contributed by atoms with E-state index in [4.69, 9.17) is 14.2 Å². The van der Waals surface area contributed by atoms with Crippen LogP contribution in [0.25, 0.3) is 33.4 Å². The second-order valence-corrected chi connectivity index (χ2v) is 7.89. The number of aromatic nitrogens is 3. The number of fused-ring (bicyclic) bond motifs is 2. The van der Waals surface area contributed by atoms with Crippen molar-refractivity contribution < 1.29 is 19.3 Å². The van der Waals surface area contributed by atoms with E-state index in [0.717, 1.165) is 27.9 Å². The molecule has 2 fully saturated rings. The highest BCUT2D eigenvalue weighted by molar-refractivity contribution is 5.80. The second-order valence-electron chi connectivity index (χ2n) is 7.89. The quantitative estimate of drug-likeness (QED) is 0.532. The van der Waals surface area contributed by atoms with Crippen LogP contribution in [-0.4, -0.2) is 57.7 Å². The van der Waals surface area contributed by atoms with Gasteiger partial charge in [0.05, 0.1) is 36.1 Å². The predicted octanol–water partition coefficient (Wildman–Crippen LogP) is 3.20. The van der Waals surface area contributed by atoms with Crippen molar-refractivity contribution in [3.63, 3.8) is 0 Å². The molecule has 0 spiro atoms. The summed E-state index contributed by atoms with van der Waals surface area (Å²) in [7, 11) is 0. The van der Waals surface area contributed by atoms with Crippen LogP contribution in [0.15, 0.2) is 66.9 Å². The lowest BCUT2D eigenvalue weighted by Crippen LogP contribution is -2.34. The number of nitrogens with one attached hydrogen (secondary N) is 1. The highest BCUT2D eigenvalue weighted by Gasteiger charge is 2.48. The Kier molecular flexibility index (Phi) is 4.45. The molecule has 156 valence electrons. The Labute approximate surface area is 178 Å². The lowest BCUT2D eigenvalue weighted by Gasteiger charge is -2.15. The molecule has 4 heterocycles. The number of aromatic amines is 1. The van der Waals surface area contributed by atoms with E-state index >= 15 is 0 Å². The van der Waals surface area contributed by atoms with Crippen molar-refractivity contribution in [3.05, 3.63) is 66.9 Å². The van der Waals surface area contributed by atoms with Crippen molar-refractivity contribution in [1.82, 2.24) is 15.0 Å². The third-order valence-electron chi connectivity index (χ3n) is 5.88. The number of rotatable bonds is 4. The zero-order valence-electron chi connectivity index (χ0n) is 16.6. The van der Waals surface area contributed by atoms with Crippen molar-refractivity contribution in [2.75, 3.05) is 13.2 Å². The molecule has 7 nitrogen and oxygen atoms in total. The number of nitrogens with zero attached hydrogens (tertiary/aromatic N) is 2. The van der Waals surface area contributed by atoms with Crippen molar-refractivity contribution in [1.29, 1.82) is 0 Å². The molecule has 2 saturated heterocycles. The Balaban J connectivity index is 1.23. The summed E-state index contributed by atoms with van der Waals surface area (Å²) in [6.07, 6.45) is 0.246. The zero-order valence-corrected chi connectivity index (χ0v) is 16.6. The number of aliphatic hydroxyl groups excluding tert-OH is 1. The number of ether oxygens (including phenoxy) is 3. The Morgan fingerprint density at radius 2 is 1.65 bits per heavy atom. The Morgan fingerprint density at radius 3 is 2.48 bits per heavy atom. The summed E-state index contributed by atoms with van der Waals surface area (Å²) in [5.41, 5.74) is 5.78. The van der Waals surface area contributed by atoms with Gasteiger partial charge in [-0.25, -0.2) is 0 Å². The number of imidazole rings is 1. The van der Waals surface area contributed by atoms with Crippen molar-refractivity contribution in [3.8, 4) is 28.4 Å². The summed E-state index contributed by atoms with van der Waals surface area (Å²) in [6, 6.07) is 21.0. The number of hydrogen-bond acceptors (Lipinski definition) is 6. The van der Waals surface area contributed by atoms with Crippen LogP contribution in [0.3, 0.4) is 0 Å². The lowest BCUT2D eigenvalue weighted by molar-refractivity contribution is 0.00706. The Bertz CT molecular complexity index is 1210. The fraction of sp³-hybridized carbons (Fsp3) is 0.250. The highest BCUT2D eigenvalue weighted by Crippen LogP contribution is 2.30. The average Bonchev–Trinajstić information content (AvgIpc) is 3.51. The van der Waals surface area contributed by atoms with Gasteiger partial charge < -0.3 is 24.3 Å². The van der Waals surface area contributed by atoms with E-state index in [-0.39, 0.29) is 24.9 Å². The minimum atomic E-state index is -0.602. The van der Waals surface area contributed by atoms with E-state index in [1.807, 2.05) is 24.3 Å².